The monoisotopic (exact) mass is 351 g/mol. The zero-order valence-electron chi connectivity index (χ0n) is 14.2. The minimum atomic E-state index is -0.179. The van der Waals surface area contributed by atoms with Crippen LogP contribution in [0.25, 0.3) is 0 Å². The number of carbonyl (C=O) groups excluding carboxylic acids is 1. The summed E-state index contributed by atoms with van der Waals surface area (Å²) in [5, 5.41) is 6.66. The van der Waals surface area contributed by atoms with E-state index in [0.717, 1.165) is 22.7 Å². The first-order chi connectivity index (χ1) is 12.2. The summed E-state index contributed by atoms with van der Waals surface area (Å²) in [4.78, 5) is 17.7. The van der Waals surface area contributed by atoms with Crippen LogP contribution in [0.5, 0.6) is 0 Å². The third-order valence-corrected chi connectivity index (χ3v) is 5.00. The fraction of sp³-hybridized carbons (Fsp3) is 0.200. The van der Waals surface area contributed by atoms with E-state index in [4.69, 9.17) is 0 Å². The number of benzene rings is 2. The molecule has 0 bridgehead atoms. The molecule has 0 atom stereocenters. The van der Waals surface area contributed by atoms with Crippen molar-refractivity contribution in [3.8, 4) is 0 Å². The Morgan fingerprint density at radius 3 is 2.20 bits per heavy atom. The van der Waals surface area contributed by atoms with Gasteiger partial charge < -0.3 is 10.6 Å². The third-order valence-electron chi connectivity index (χ3n) is 3.84. The van der Waals surface area contributed by atoms with Crippen molar-refractivity contribution in [2.24, 2.45) is 0 Å². The summed E-state index contributed by atoms with van der Waals surface area (Å²) in [5.41, 5.74) is 3.39. The van der Waals surface area contributed by atoms with Crippen molar-refractivity contribution in [1.29, 1.82) is 0 Å². The van der Waals surface area contributed by atoms with Gasteiger partial charge in [0.05, 0.1) is 12.2 Å². The van der Waals surface area contributed by atoms with Gasteiger partial charge in [-0.05, 0) is 18.1 Å². The Kier molecular flexibility index (Phi) is 5.80. The maximum absolute atomic E-state index is 11.9. The molecule has 2 N–H and O–H groups in total. The molecule has 3 rings (SSSR count). The van der Waals surface area contributed by atoms with Crippen LogP contribution in [0.3, 0.4) is 0 Å². The first kappa shape index (κ1) is 17.2. The fourth-order valence-corrected chi connectivity index (χ4v) is 3.55. The van der Waals surface area contributed by atoms with E-state index in [2.05, 4.69) is 27.8 Å². The Bertz CT molecular complexity index is 815. The van der Waals surface area contributed by atoms with Crippen LogP contribution in [0.1, 0.15) is 26.7 Å². The molecule has 0 saturated heterocycles. The highest BCUT2D eigenvalue weighted by Gasteiger charge is 2.09. The van der Waals surface area contributed by atoms with Crippen LogP contribution >= 0.6 is 11.3 Å². The lowest BCUT2D eigenvalue weighted by atomic mass is 10.1. The van der Waals surface area contributed by atoms with Crippen LogP contribution in [0.2, 0.25) is 0 Å². The average Bonchev–Trinajstić information content (AvgIpc) is 2.99. The van der Waals surface area contributed by atoms with Crippen molar-refractivity contribution in [3.05, 3.63) is 87.4 Å². The van der Waals surface area contributed by atoms with E-state index < -0.39 is 0 Å². The Hall–Kier alpha value is -2.66. The number of hydrogen-bond acceptors (Lipinski definition) is 3. The Morgan fingerprint density at radius 1 is 0.920 bits per heavy atom. The quantitative estimate of drug-likeness (QED) is 0.704. The number of hydrogen-bond donors (Lipinski definition) is 2. The van der Waals surface area contributed by atoms with Crippen molar-refractivity contribution in [3.63, 3.8) is 0 Å². The molecule has 0 radical (unpaired) electrons. The van der Waals surface area contributed by atoms with Gasteiger partial charge in [-0.2, -0.15) is 0 Å². The molecule has 0 spiro atoms. The smallest absolute Gasteiger partial charge is 0.315 e. The first-order valence-corrected chi connectivity index (χ1v) is 9.07. The van der Waals surface area contributed by atoms with Gasteiger partial charge in [-0.25, -0.2) is 9.78 Å². The molecular weight excluding hydrogens is 330 g/mol. The molecular formula is C20H21N3OS. The molecule has 0 aliphatic heterocycles. The molecule has 128 valence electrons. The third kappa shape index (κ3) is 5.16. The highest BCUT2D eigenvalue weighted by atomic mass is 32.1. The molecule has 0 aliphatic carbocycles. The molecule has 1 heterocycles. The minimum Gasteiger partial charge on any atom is -0.334 e. The molecule has 2 aromatic carbocycles. The summed E-state index contributed by atoms with van der Waals surface area (Å²) >= 11 is 1.66. The second-order valence-electron chi connectivity index (χ2n) is 5.80. The topological polar surface area (TPSA) is 54.0 Å². The van der Waals surface area contributed by atoms with E-state index in [9.17, 15) is 4.79 Å². The van der Waals surface area contributed by atoms with E-state index in [0.29, 0.717) is 13.1 Å². The summed E-state index contributed by atoms with van der Waals surface area (Å²) < 4.78 is 0. The number of urea groups is 1. The average molecular weight is 351 g/mol. The zero-order valence-corrected chi connectivity index (χ0v) is 15.0. The standard InChI is InChI=1S/C20H21N3OS/c1-15-18(12-16-8-4-2-5-9-16)25-19(23-15)14-22-20(24)21-13-17-10-6-3-7-11-17/h2-11H,12-14H2,1H3,(H2,21,22,24). The predicted molar refractivity (Wildman–Crippen MR) is 102 cm³/mol. The number of nitrogens with zero attached hydrogens (tertiary/aromatic N) is 1. The molecule has 5 heteroatoms. The Morgan fingerprint density at radius 2 is 1.52 bits per heavy atom. The lowest BCUT2D eigenvalue weighted by Gasteiger charge is -2.06. The van der Waals surface area contributed by atoms with Gasteiger partial charge in [0, 0.05) is 17.8 Å². The van der Waals surface area contributed by atoms with Crippen molar-refractivity contribution >= 4 is 17.4 Å². The Balaban J connectivity index is 1.50. The Labute approximate surface area is 151 Å². The maximum Gasteiger partial charge on any atom is 0.315 e. The molecule has 2 amide bonds. The number of nitrogens with one attached hydrogen (secondary N) is 2. The minimum absolute atomic E-state index is 0.179. The van der Waals surface area contributed by atoms with Crippen LogP contribution in [0.15, 0.2) is 60.7 Å². The molecule has 4 nitrogen and oxygen atoms in total. The summed E-state index contributed by atoms with van der Waals surface area (Å²) in [5.74, 6) is 0. The lowest BCUT2D eigenvalue weighted by molar-refractivity contribution is 0.240. The van der Waals surface area contributed by atoms with Gasteiger partial charge in [0.25, 0.3) is 0 Å². The largest absolute Gasteiger partial charge is 0.334 e. The van der Waals surface area contributed by atoms with Gasteiger partial charge in [-0.1, -0.05) is 60.7 Å². The predicted octanol–water partition coefficient (Wildman–Crippen LogP) is 4.04. The highest BCUT2D eigenvalue weighted by Crippen LogP contribution is 2.21. The molecule has 1 aromatic heterocycles. The van der Waals surface area contributed by atoms with Gasteiger partial charge in [0.15, 0.2) is 0 Å². The SMILES string of the molecule is Cc1nc(CNC(=O)NCc2ccccc2)sc1Cc1ccccc1. The zero-order chi connectivity index (χ0) is 17.5. The van der Waals surface area contributed by atoms with Crippen LogP contribution < -0.4 is 10.6 Å². The molecule has 25 heavy (non-hydrogen) atoms. The van der Waals surface area contributed by atoms with Gasteiger partial charge >= 0.3 is 6.03 Å². The number of rotatable bonds is 6. The van der Waals surface area contributed by atoms with Crippen LogP contribution in [-0.4, -0.2) is 11.0 Å². The van der Waals surface area contributed by atoms with E-state index in [1.807, 2.05) is 55.5 Å². The molecule has 0 unspecified atom stereocenters. The molecule has 3 aromatic rings. The van der Waals surface area contributed by atoms with Gasteiger partial charge in [0.2, 0.25) is 0 Å². The number of thiazole rings is 1. The number of aromatic nitrogens is 1. The van der Waals surface area contributed by atoms with Crippen LogP contribution in [0, 0.1) is 6.92 Å². The second kappa shape index (κ2) is 8.44. The fourth-order valence-electron chi connectivity index (χ4n) is 2.51. The summed E-state index contributed by atoms with van der Waals surface area (Å²) in [6, 6.07) is 20.0. The van der Waals surface area contributed by atoms with E-state index in [1.54, 1.807) is 11.3 Å². The lowest BCUT2D eigenvalue weighted by Crippen LogP contribution is -2.34. The van der Waals surface area contributed by atoms with Gasteiger partial charge in [0.1, 0.15) is 5.01 Å². The van der Waals surface area contributed by atoms with E-state index >= 15 is 0 Å². The molecule has 0 aliphatic rings. The van der Waals surface area contributed by atoms with Crippen molar-refractivity contribution in [2.75, 3.05) is 0 Å². The summed E-state index contributed by atoms with van der Waals surface area (Å²) in [7, 11) is 0. The number of carbonyl (C=O) groups is 1. The van der Waals surface area contributed by atoms with Gasteiger partial charge in [-0.15, -0.1) is 11.3 Å². The van der Waals surface area contributed by atoms with Crippen molar-refractivity contribution in [2.45, 2.75) is 26.4 Å². The van der Waals surface area contributed by atoms with Crippen molar-refractivity contribution in [1.82, 2.24) is 15.6 Å². The highest BCUT2D eigenvalue weighted by molar-refractivity contribution is 7.11. The van der Waals surface area contributed by atoms with Crippen LogP contribution in [0.4, 0.5) is 4.79 Å². The van der Waals surface area contributed by atoms with Crippen LogP contribution in [-0.2, 0) is 19.5 Å². The number of amides is 2. The van der Waals surface area contributed by atoms with E-state index in [-0.39, 0.29) is 6.03 Å². The summed E-state index contributed by atoms with van der Waals surface area (Å²) in [6.07, 6.45) is 0.880. The van der Waals surface area contributed by atoms with Gasteiger partial charge in [-0.3, -0.25) is 0 Å². The second-order valence-corrected chi connectivity index (χ2v) is 6.97. The normalized spacial score (nSPS) is 10.4. The first-order valence-electron chi connectivity index (χ1n) is 8.25. The number of aryl methyl sites for hydroxylation is 1. The molecule has 0 fully saturated rings. The van der Waals surface area contributed by atoms with Crippen molar-refractivity contribution < 1.29 is 4.79 Å². The molecule has 0 saturated carbocycles. The maximum atomic E-state index is 11.9. The van der Waals surface area contributed by atoms with E-state index in [1.165, 1.54) is 10.4 Å². The summed E-state index contributed by atoms with van der Waals surface area (Å²) in [6.45, 7) is 2.98.